The molecule has 2 saturated carbocycles. The van der Waals surface area contributed by atoms with Crippen molar-refractivity contribution in [1.82, 2.24) is 15.2 Å². The van der Waals surface area contributed by atoms with Crippen molar-refractivity contribution in [3.63, 3.8) is 0 Å². The molecule has 1 saturated heterocycles. The second kappa shape index (κ2) is 14.6. The van der Waals surface area contributed by atoms with Crippen molar-refractivity contribution >= 4 is 44.1 Å². The van der Waals surface area contributed by atoms with Gasteiger partial charge in [0.15, 0.2) is 0 Å². The summed E-state index contributed by atoms with van der Waals surface area (Å²) in [4.78, 5) is 16.2. The molecule has 4 aliphatic rings. The zero-order chi connectivity index (χ0) is 34.7. The predicted molar refractivity (Wildman–Crippen MR) is 201 cm³/mol. The number of nitrogens with two attached hydrogens (primary N) is 2. The summed E-state index contributed by atoms with van der Waals surface area (Å²) in [6.45, 7) is 7.50. The predicted octanol–water partition coefficient (Wildman–Crippen LogP) is 8.02. The van der Waals surface area contributed by atoms with Crippen LogP contribution < -0.4 is 16.8 Å². The first-order valence-electron chi connectivity index (χ1n) is 17.6. The molecule has 3 fully saturated rings. The lowest BCUT2D eigenvalue weighted by Crippen LogP contribution is -2.39. The summed E-state index contributed by atoms with van der Waals surface area (Å²) in [6.07, 6.45) is 16.5. The Labute approximate surface area is 293 Å². The molecule has 1 aromatic heterocycles. The van der Waals surface area contributed by atoms with Crippen molar-refractivity contribution in [1.29, 1.82) is 5.41 Å². The summed E-state index contributed by atoms with van der Waals surface area (Å²) >= 11 is 1.48. The Balaban J connectivity index is 1.25. The average Bonchev–Trinajstić information content (AvgIpc) is 3.41. The molecule has 0 spiro atoms. The molecular weight excluding hydrogens is 633 g/mol. The summed E-state index contributed by atoms with van der Waals surface area (Å²) in [5.74, 6) is 1.91. The van der Waals surface area contributed by atoms with Gasteiger partial charge in [-0.25, -0.2) is 9.98 Å². The van der Waals surface area contributed by atoms with Crippen LogP contribution in [-0.4, -0.2) is 50.6 Å². The summed E-state index contributed by atoms with van der Waals surface area (Å²) in [5, 5.41) is 34.1. The molecule has 260 valence electrons. The molecule has 2 aromatic rings. The van der Waals surface area contributed by atoms with E-state index in [1.54, 1.807) is 0 Å². The fraction of sp³-hybridized carbons (Fsp3) is 0.474. The minimum Gasteiger partial charge on any atom is -0.480 e. The van der Waals surface area contributed by atoms with Gasteiger partial charge in [0, 0.05) is 41.7 Å². The van der Waals surface area contributed by atoms with Crippen LogP contribution in [0, 0.1) is 22.7 Å². The van der Waals surface area contributed by atoms with E-state index in [0.29, 0.717) is 46.7 Å². The van der Waals surface area contributed by atoms with Gasteiger partial charge in [-0.3, -0.25) is 10.4 Å². The third-order valence-electron chi connectivity index (χ3n) is 10.9. The number of dihydropyridines is 1. The summed E-state index contributed by atoms with van der Waals surface area (Å²) < 4.78 is 1.04. The van der Waals surface area contributed by atoms with Crippen LogP contribution in [0.2, 0.25) is 0 Å². The topological polar surface area (TPSA) is 169 Å². The maximum absolute atomic E-state index is 10.5. The second-order valence-electron chi connectivity index (χ2n) is 14.1. The van der Waals surface area contributed by atoms with E-state index in [4.69, 9.17) is 16.5 Å². The van der Waals surface area contributed by atoms with Crippen molar-refractivity contribution < 1.29 is 10.2 Å². The van der Waals surface area contributed by atoms with E-state index < -0.39 is 5.95 Å². The number of fused-ring (bicyclic) bond motifs is 3. The van der Waals surface area contributed by atoms with Crippen molar-refractivity contribution in [3.8, 4) is 0 Å². The molecule has 0 radical (unpaired) electrons. The van der Waals surface area contributed by atoms with Crippen LogP contribution in [0.25, 0.3) is 10.2 Å². The van der Waals surface area contributed by atoms with Gasteiger partial charge in [0.2, 0.25) is 5.13 Å². The van der Waals surface area contributed by atoms with Crippen molar-refractivity contribution in [2.24, 2.45) is 38.7 Å². The molecule has 3 atom stereocenters. The molecule has 49 heavy (non-hydrogen) atoms. The van der Waals surface area contributed by atoms with Gasteiger partial charge in [0.1, 0.15) is 23.2 Å². The van der Waals surface area contributed by atoms with Gasteiger partial charge in [0.05, 0.1) is 10.2 Å². The third-order valence-corrected chi connectivity index (χ3v) is 11.8. The maximum Gasteiger partial charge on any atom is 0.299 e. The van der Waals surface area contributed by atoms with Gasteiger partial charge in [-0.2, -0.15) is 0 Å². The van der Waals surface area contributed by atoms with Crippen LogP contribution >= 0.6 is 11.3 Å². The van der Waals surface area contributed by atoms with E-state index in [1.807, 2.05) is 55.2 Å². The molecular formula is C38H50N8O2S. The van der Waals surface area contributed by atoms with Crippen molar-refractivity contribution in [2.75, 3.05) is 13.1 Å². The summed E-state index contributed by atoms with van der Waals surface area (Å²) in [7, 11) is 0. The molecule has 1 aromatic carbocycles. The highest BCUT2D eigenvalue weighted by Gasteiger charge is 2.42. The van der Waals surface area contributed by atoms with Crippen LogP contribution in [0.1, 0.15) is 85.0 Å². The lowest BCUT2D eigenvalue weighted by Gasteiger charge is -2.48. The molecule has 3 unspecified atom stereocenters. The van der Waals surface area contributed by atoms with Crippen LogP contribution in [0.4, 0.5) is 5.13 Å². The largest absolute Gasteiger partial charge is 0.480 e. The van der Waals surface area contributed by atoms with Gasteiger partial charge < -0.3 is 31.9 Å². The van der Waals surface area contributed by atoms with Crippen LogP contribution in [0.3, 0.4) is 0 Å². The molecule has 6 rings (SSSR count). The molecule has 8 N–H and O–H groups in total. The number of hydrogen-bond donors (Lipinski definition) is 6. The molecule has 10 nitrogen and oxygen atoms in total. The molecule has 11 heteroatoms. The highest BCUT2D eigenvalue weighted by atomic mass is 32.1. The standard InChI is InChI=1S/C38H50N8O2S/c1-4-25-18-26-10-9-16-38(19-25,20-26)22-42-24(3)29(21-39)28-14-15-32(44-33(28)36(47)48)46-17-8-7-11-27(35(46)41)23(2)34(40)45-37-43-30-12-5-6-13-31(30)49-37/h5-6,12-15,21,25-26,41,44,47-48H,4,7-11,16-20,22,39H2,1-3H3,(H2,40,43,45). The first kappa shape index (κ1) is 34.5. The first-order valence-corrected chi connectivity index (χ1v) is 18.4. The number of hydrogen-bond acceptors (Lipinski definition) is 9. The Kier molecular flexibility index (Phi) is 10.3. The molecule has 0 amide bonds. The minimum absolute atomic E-state index is 0.125. The number of rotatable bonds is 8. The van der Waals surface area contributed by atoms with E-state index in [1.165, 1.54) is 62.5 Å². The number of amidine groups is 2. The minimum atomic E-state index is -0.851. The number of nitrogens with one attached hydrogen (secondary N) is 2. The highest BCUT2D eigenvalue weighted by molar-refractivity contribution is 7.22. The fourth-order valence-electron chi connectivity index (χ4n) is 8.29. The average molecular weight is 683 g/mol. The van der Waals surface area contributed by atoms with E-state index >= 15 is 0 Å². The van der Waals surface area contributed by atoms with Crippen LogP contribution in [0.15, 0.2) is 92.4 Å². The highest BCUT2D eigenvalue weighted by Crippen LogP contribution is 2.52. The number of aliphatic imine (C=N–C) groups is 2. The molecule has 2 aliphatic carbocycles. The Morgan fingerprint density at radius 2 is 2.00 bits per heavy atom. The number of thiazole rings is 1. The Morgan fingerprint density at radius 3 is 2.76 bits per heavy atom. The number of aromatic nitrogens is 1. The number of para-hydroxylation sites is 1. The Morgan fingerprint density at radius 1 is 1.18 bits per heavy atom. The SMILES string of the molecule is CCC1CC2CCCC(CN=C(C)C(=CN)C3=CC=C(N4CCCCC(=C(C)C(N)=Nc5nc6ccccc6s5)C4=N)NC3=C(O)O)(C1)C2. The van der Waals surface area contributed by atoms with Crippen molar-refractivity contribution in [2.45, 2.75) is 85.0 Å². The summed E-state index contributed by atoms with van der Waals surface area (Å²) in [5.41, 5.74) is 17.4. The number of likely N-dealkylation sites (tertiary alicyclic amines) is 1. The monoisotopic (exact) mass is 682 g/mol. The second-order valence-corrected chi connectivity index (χ2v) is 15.1. The van der Waals surface area contributed by atoms with Gasteiger partial charge in [-0.15, -0.1) is 0 Å². The number of aliphatic hydroxyl groups is 2. The fourth-order valence-corrected chi connectivity index (χ4v) is 9.14. The first-order chi connectivity index (χ1) is 23.6. The molecule has 2 bridgehead atoms. The zero-order valence-electron chi connectivity index (χ0n) is 28.9. The molecule has 2 aliphatic heterocycles. The van der Waals surface area contributed by atoms with E-state index in [-0.39, 0.29) is 11.1 Å². The lowest BCUT2D eigenvalue weighted by molar-refractivity contribution is 0.0459. The van der Waals surface area contributed by atoms with Gasteiger partial charge in [0.25, 0.3) is 5.95 Å². The zero-order valence-corrected chi connectivity index (χ0v) is 29.7. The van der Waals surface area contributed by atoms with Gasteiger partial charge >= 0.3 is 0 Å². The van der Waals surface area contributed by atoms with Crippen molar-refractivity contribution in [3.05, 3.63) is 82.4 Å². The summed E-state index contributed by atoms with van der Waals surface area (Å²) in [6, 6.07) is 7.88. The molecule has 3 heterocycles. The van der Waals surface area contributed by atoms with E-state index in [2.05, 4.69) is 22.2 Å². The number of aliphatic hydroxyl groups excluding tert-OH is 1. The van der Waals surface area contributed by atoms with Gasteiger partial charge in [-0.05, 0) is 106 Å². The number of benzene rings is 1. The van der Waals surface area contributed by atoms with E-state index in [9.17, 15) is 15.6 Å². The Hall–Kier alpha value is -4.38. The number of nitrogens with zero attached hydrogens (tertiary/aromatic N) is 4. The van der Waals surface area contributed by atoms with Gasteiger partial charge in [-0.1, -0.05) is 49.7 Å². The smallest absolute Gasteiger partial charge is 0.299 e. The quantitative estimate of drug-likeness (QED) is 0.0930. The van der Waals surface area contributed by atoms with E-state index in [0.717, 1.165) is 58.3 Å². The lowest BCUT2D eigenvalue weighted by atomic mass is 9.58. The number of allylic oxidation sites excluding steroid dienone is 3. The van der Waals surface area contributed by atoms with Crippen LogP contribution in [0.5, 0.6) is 0 Å². The maximum atomic E-state index is 10.5. The third kappa shape index (κ3) is 7.32. The normalized spacial score (nSPS) is 26.6. The Bertz CT molecular complexity index is 1790. The van der Waals surface area contributed by atoms with Crippen LogP contribution in [-0.2, 0) is 0 Å².